The van der Waals surface area contributed by atoms with E-state index in [0.717, 1.165) is 55.3 Å². The van der Waals surface area contributed by atoms with E-state index < -0.39 is 0 Å². The second-order valence-electron chi connectivity index (χ2n) is 5.75. The molecule has 5 heteroatoms. The molecule has 2 aromatic carbocycles. The fraction of sp³-hybridized carbons (Fsp3) is 0.263. The zero-order valence-corrected chi connectivity index (χ0v) is 13.8. The lowest BCUT2D eigenvalue weighted by Gasteiger charge is -2.31. The number of nitrogens with one attached hydrogen (secondary N) is 2. The van der Waals surface area contributed by atoms with E-state index in [9.17, 15) is 0 Å². The van der Waals surface area contributed by atoms with Crippen LogP contribution in [0.15, 0.2) is 52.4 Å². The Hall–Kier alpha value is -2.66. The van der Waals surface area contributed by atoms with Crippen LogP contribution < -0.4 is 15.5 Å². The standard InChI is InChI=1S/C19H23N5/c1-20-16-8-7-15(13-18(16)21-2)14-23-17-5-3-4-6-19(17)24-11-9-22-10-12-24/h3-8,13,22-23H,1-2,9-12,14H2. The first-order valence-corrected chi connectivity index (χ1v) is 8.17. The Labute approximate surface area is 143 Å². The maximum atomic E-state index is 4.02. The minimum atomic E-state index is 0.725. The highest BCUT2D eigenvalue weighted by Crippen LogP contribution is 2.30. The Kier molecular flexibility index (Phi) is 5.23. The average molecular weight is 321 g/mol. The summed E-state index contributed by atoms with van der Waals surface area (Å²) >= 11 is 0. The first kappa shape index (κ1) is 16.2. The van der Waals surface area contributed by atoms with Crippen LogP contribution in [0.1, 0.15) is 5.56 Å². The molecule has 2 aromatic rings. The smallest absolute Gasteiger partial charge is 0.0882 e. The van der Waals surface area contributed by atoms with Crippen LogP contribution in [0.25, 0.3) is 0 Å². The first-order chi connectivity index (χ1) is 11.8. The lowest BCUT2D eigenvalue weighted by atomic mass is 10.1. The van der Waals surface area contributed by atoms with Crippen LogP contribution >= 0.6 is 0 Å². The van der Waals surface area contributed by atoms with Crippen LogP contribution in [0, 0.1) is 0 Å². The van der Waals surface area contributed by atoms with E-state index in [0.29, 0.717) is 0 Å². The van der Waals surface area contributed by atoms with Gasteiger partial charge in [0.05, 0.1) is 22.7 Å². The van der Waals surface area contributed by atoms with Crippen LogP contribution in [0.4, 0.5) is 22.7 Å². The molecule has 1 fully saturated rings. The van der Waals surface area contributed by atoms with Gasteiger partial charge in [-0.25, -0.2) is 0 Å². The van der Waals surface area contributed by atoms with Crippen molar-refractivity contribution in [3.05, 3.63) is 48.0 Å². The number of benzene rings is 2. The third-order valence-electron chi connectivity index (χ3n) is 4.23. The quantitative estimate of drug-likeness (QED) is 0.802. The zero-order valence-electron chi connectivity index (χ0n) is 13.8. The maximum Gasteiger partial charge on any atom is 0.0882 e. The normalized spacial score (nSPS) is 14.2. The number of rotatable bonds is 6. The van der Waals surface area contributed by atoms with Crippen LogP contribution in [0.2, 0.25) is 0 Å². The highest BCUT2D eigenvalue weighted by Gasteiger charge is 2.13. The van der Waals surface area contributed by atoms with Crippen molar-refractivity contribution in [1.29, 1.82) is 0 Å². The highest BCUT2D eigenvalue weighted by atomic mass is 15.2. The molecule has 0 unspecified atom stereocenters. The van der Waals surface area contributed by atoms with E-state index in [4.69, 9.17) is 0 Å². The van der Waals surface area contributed by atoms with Crippen molar-refractivity contribution in [3.63, 3.8) is 0 Å². The summed E-state index contributed by atoms with van der Waals surface area (Å²) in [6.45, 7) is 12.0. The van der Waals surface area contributed by atoms with Crippen molar-refractivity contribution < 1.29 is 0 Å². The molecule has 0 saturated carbocycles. The molecule has 2 N–H and O–H groups in total. The molecule has 1 heterocycles. The number of anilines is 2. The molecular formula is C19H23N5. The van der Waals surface area contributed by atoms with Gasteiger partial charge in [-0.05, 0) is 43.3 Å². The predicted molar refractivity (Wildman–Crippen MR) is 104 cm³/mol. The molecule has 5 nitrogen and oxygen atoms in total. The van der Waals surface area contributed by atoms with Gasteiger partial charge in [-0.15, -0.1) is 0 Å². The van der Waals surface area contributed by atoms with Crippen molar-refractivity contribution in [2.24, 2.45) is 9.98 Å². The van der Waals surface area contributed by atoms with Gasteiger partial charge in [0, 0.05) is 32.7 Å². The minimum Gasteiger partial charge on any atom is -0.379 e. The lowest BCUT2D eigenvalue weighted by molar-refractivity contribution is 0.589. The van der Waals surface area contributed by atoms with Crippen LogP contribution in [-0.4, -0.2) is 39.6 Å². The fourth-order valence-electron chi connectivity index (χ4n) is 2.94. The number of nitrogens with zero attached hydrogens (tertiary/aromatic N) is 3. The largest absolute Gasteiger partial charge is 0.379 e. The van der Waals surface area contributed by atoms with Gasteiger partial charge in [0.2, 0.25) is 0 Å². The first-order valence-electron chi connectivity index (χ1n) is 8.17. The second kappa shape index (κ2) is 7.75. The number of piperazine rings is 1. The highest BCUT2D eigenvalue weighted by molar-refractivity contribution is 5.71. The van der Waals surface area contributed by atoms with Gasteiger partial charge in [-0.3, -0.25) is 9.98 Å². The molecule has 0 atom stereocenters. The van der Waals surface area contributed by atoms with E-state index in [-0.39, 0.29) is 0 Å². The number of aliphatic imine (C=N–C) groups is 2. The molecule has 1 aliphatic rings. The SMILES string of the molecule is C=Nc1ccc(CNc2ccccc2N2CCNCC2)cc1N=C. The third-order valence-corrected chi connectivity index (χ3v) is 4.23. The van der Waals surface area contributed by atoms with Gasteiger partial charge in [0.1, 0.15) is 0 Å². The molecule has 0 amide bonds. The van der Waals surface area contributed by atoms with Gasteiger partial charge >= 0.3 is 0 Å². The predicted octanol–water partition coefficient (Wildman–Crippen LogP) is 3.37. The van der Waals surface area contributed by atoms with Gasteiger partial charge in [0.25, 0.3) is 0 Å². The second-order valence-corrected chi connectivity index (χ2v) is 5.75. The molecule has 1 aliphatic heterocycles. The van der Waals surface area contributed by atoms with E-state index >= 15 is 0 Å². The summed E-state index contributed by atoms with van der Waals surface area (Å²) in [4.78, 5) is 10.4. The third kappa shape index (κ3) is 3.63. The Morgan fingerprint density at radius 3 is 2.50 bits per heavy atom. The molecule has 1 saturated heterocycles. The van der Waals surface area contributed by atoms with Crippen molar-refractivity contribution in [1.82, 2.24) is 5.32 Å². The van der Waals surface area contributed by atoms with Gasteiger partial charge in [0.15, 0.2) is 0 Å². The van der Waals surface area contributed by atoms with E-state index in [2.05, 4.69) is 63.2 Å². The summed E-state index contributed by atoms with van der Waals surface area (Å²) in [6, 6.07) is 14.4. The van der Waals surface area contributed by atoms with E-state index in [1.165, 1.54) is 5.69 Å². The molecule has 3 rings (SSSR count). The van der Waals surface area contributed by atoms with Crippen LogP contribution in [0.5, 0.6) is 0 Å². The monoisotopic (exact) mass is 321 g/mol. The number of hydrogen-bond acceptors (Lipinski definition) is 5. The Morgan fingerprint density at radius 1 is 1.00 bits per heavy atom. The van der Waals surface area contributed by atoms with Gasteiger partial charge < -0.3 is 15.5 Å². The summed E-state index contributed by atoms with van der Waals surface area (Å²) in [5.41, 5.74) is 5.07. The average Bonchev–Trinajstić information content (AvgIpc) is 2.67. The Morgan fingerprint density at radius 2 is 1.75 bits per heavy atom. The molecular weight excluding hydrogens is 298 g/mol. The summed E-state index contributed by atoms with van der Waals surface area (Å²) < 4.78 is 0. The van der Waals surface area contributed by atoms with Crippen LogP contribution in [0.3, 0.4) is 0 Å². The van der Waals surface area contributed by atoms with E-state index in [1.54, 1.807) is 0 Å². The molecule has 24 heavy (non-hydrogen) atoms. The van der Waals surface area contributed by atoms with Crippen molar-refractivity contribution in [2.45, 2.75) is 6.54 Å². The molecule has 0 bridgehead atoms. The lowest BCUT2D eigenvalue weighted by Crippen LogP contribution is -2.43. The molecule has 0 aliphatic carbocycles. The Bertz CT molecular complexity index is 719. The van der Waals surface area contributed by atoms with Crippen molar-refractivity contribution in [3.8, 4) is 0 Å². The molecule has 0 aromatic heterocycles. The Balaban J connectivity index is 1.75. The number of hydrogen-bond donors (Lipinski definition) is 2. The summed E-state index contributed by atoms with van der Waals surface area (Å²) in [5.74, 6) is 0. The van der Waals surface area contributed by atoms with Gasteiger partial charge in [-0.2, -0.15) is 0 Å². The summed E-state index contributed by atoms with van der Waals surface area (Å²) in [5, 5.41) is 6.94. The zero-order chi connectivity index (χ0) is 16.8. The van der Waals surface area contributed by atoms with E-state index in [1.807, 2.05) is 18.2 Å². The summed E-state index contributed by atoms with van der Waals surface area (Å²) in [6.07, 6.45) is 0. The fourth-order valence-corrected chi connectivity index (χ4v) is 2.94. The minimum absolute atomic E-state index is 0.725. The van der Waals surface area contributed by atoms with Gasteiger partial charge in [-0.1, -0.05) is 18.2 Å². The topological polar surface area (TPSA) is 52.0 Å². The number of para-hydroxylation sites is 2. The van der Waals surface area contributed by atoms with Crippen molar-refractivity contribution in [2.75, 3.05) is 36.4 Å². The maximum absolute atomic E-state index is 4.02. The van der Waals surface area contributed by atoms with Crippen molar-refractivity contribution >= 4 is 36.2 Å². The summed E-state index contributed by atoms with van der Waals surface area (Å²) in [7, 11) is 0. The molecule has 0 spiro atoms. The van der Waals surface area contributed by atoms with Crippen LogP contribution in [-0.2, 0) is 6.54 Å². The molecule has 124 valence electrons. The molecule has 0 radical (unpaired) electrons.